The fourth-order valence-electron chi connectivity index (χ4n) is 2.12. The molecule has 0 aromatic heterocycles. The van der Waals surface area contributed by atoms with Crippen LogP contribution in [0, 0.1) is 24.0 Å². The molecule has 0 aliphatic carbocycles. The molecule has 0 saturated carbocycles. The summed E-state index contributed by atoms with van der Waals surface area (Å²) in [5, 5.41) is 17.9. The van der Waals surface area contributed by atoms with Crippen molar-refractivity contribution in [3.8, 4) is 0 Å². The highest BCUT2D eigenvalue weighted by molar-refractivity contribution is 6.11. The number of nitrogens with zero attached hydrogens (tertiary/aromatic N) is 1. The Hall–Kier alpha value is -2.53. The molecule has 0 aliphatic rings. The molecule has 0 atom stereocenters. The second-order valence-electron chi connectivity index (χ2n) is 4.35. The Morgan fingerprint density at radius 1 is 1.05 bits per heavy atom. The van der Waals surface area contributed by atoms with Gasteiger partial charge in [-0.15, -0.1) is 0 Å². The Balaban J connectivity index is 0.00000106. The van der Waals surface area contributed by atoms with Crippen LogP contribution in [-0.4, -0.2) is 22.9 Å². The van der Waals surface area contributed by atoms with Gasteiger partial charge in [-0.1, -0.05) is 36.4 Å². The number of carbonyl (C=O) groups excluding carboxylic acids is 1. The summed E-state index contributed by atoms with van der Waals surface area (Å²) < 4.78 is 0. The highest BCUT2D eigenvalue weighted by Gasteiger charge is 2.21. The van der Waals surface area contributed by atoms with Crippen LogP contribution in [0.5, 0.6) is 0 Å². The molecule has 21 heavy (non-hydrogen) atoms. The van der Waals surface area contributed by atoms with E-state index in [4.69, 9.17) is 5.11 Å². The van der Waals surface area contributed by atoms with Gasteiger partial charge in [0.05, 0.1) is 4.92 Å². The predicted molar refractivity (Wildman–Crippen MR) is 80.6 cm³/mol. The first-order chi connectivity index (χ1) is 10.0. The van der Waals surface area contributed by atoms with E-state index in [1.807, 2.05) is 6.07 Å². The number of aryl methyl sites for hydroxylation is 1. The van der Waals surface area contributed by atoms with Crippen molar-refractivity contribution in [3.63, 3.8) is 0 Å². The van der Waals surface area contributed by atoms with Crippen molar-refractivity contribution >= 4 is 11.5 Å². The van der Waals surface area contributed by atoms with Gasteiger partial charge >= 0.3 is 0 Å². The topological polar surface area (TPSA) is 80.4 Å². The molecule has 0 unspecified atom stereocenters. The molecule has 2 aromatic rings. The average molecular weight is 287 g/mol. The van der Waals surface area contributed by atoms with Gasteiger partial charge in [-0.2, -0.15) is 0 Å². The number of nitro groups is 1. The van der Waals surface area contributed by atoms with Crippen molar-refractivity contribution in [3.05, 3.63) is 74.8 Å². The van der Waals surface area contributed by atoms with Crippen LogP contribution in [-0.2, 0) is 0 Å². The Kier molecular flexibility index (Phi) is 5.75. The quantitative estimate of drug-likeness (QED) is 0.534. The second-order valence-corrected chi connectivity index (χ2v) is 4.35. The molecule has 0 radical (unpaired) electrons. The first-order valence-corrected chi connectivity index (χ1v) is 6.31. The highest BCUT2D eigenvalue weighted by atomic mass is 16.6. The summed E-state index contributed by atoms with van der Waals surface area (Å²) in [5.74, 6) is -0.181. The van der Waals surface area contributed by atoms with Gasteiger partial charge in [0.25, 0.3) is 5.69 Å². The minimum absolute atomic E-state index is 0.0233. The lowest BCUT2D eigenvalue weighted by atomic mass is 9.94. The number of hydrogen-bond acceptors (Lipinski definition) is 4. The third kappa shape index (κ3) is 3.52. The second kappa shape index (κ2) is 7.31. The highest BCUT2D eigenvalue weighted by Crippen LogP contribution is 2.26. The lowest BCUT2D eigenvalue weighted by Crippen LogP contribution is -2.08. The van der Waals surface area contributed by atoms with Gasteiger partial charge in [-0.3, -0.25) is 14.9 Å². The van der Waals surface area contributed by atoms with Gasteiger partial charge < -0.3 is 5.11 Å². The van der Waals surface area contributed by atoms with Crippen molar-refractivity contribution in [2.45, 2.75) is 13.8 Å². The van der Waals surface area contributed by atoms with Crippen molar-refractivity contribution in [2.24, 2.45) is 0 Å². The Morgan fingerprint density at radius 2 is 1.62 bits per heavy atom. The molecule has 0 amide bonds. The van der Waals surface area contributed by atoms with Crippen LogP contribution in [0.15, 0.2) is 42.5 Å². The van der Waals surface area contributed by atoms with E-state index in [1.54, 1.807) is 44.2 Å². The number of aliphatic hydroxyl groups is 1. The number of nitro benzene ring substituents is 1. The average Bonchev–Trinajstić information content (AvgIpc) is 2.49. The molecule has 5 heteroatoms. The minimum atomic E-state index is -0.462. The molecular formula is C16H17NO4. The zero-order valence-electron chi connectivity index (χ0n) is 12.2. The molecule has 0 aliphatic heterocycles. The number of benzene rings is 2. The van der Waals surface area contributed by atoms with Crippen molar-refractivity contribution in [1.29, 1.82) is 0 Å². The Labute approximate surface area is 123 Å². The SMILES string of the molecule is CO.Cc1ccc([N+](=O)[O-])c(C)c1C(=O)c1ccccc1. The van der Waals surface area contributed by atoms with E-state index in [9.17, 15) is 14.9 Å². The summed E-state index contributed by atoms with van der Waals surface area (Å²) >= 11 is 0. The van der Waals surface area contributed by atoms with Crippen LogP contribution in [0.2, 0.25) is 0 Å². The first kappa shape index (κ1) is 16.5. The van der Waals surface area contributed by atoms with Gasteiger partial charge in [0, 0.05) is 29.9 Å². The molecule has 1 N–H and O–H groups in total. The number of hydrogen-bond donors (Lipinski definition) is 1. The largest absolute Gasteiger partial charge is 0.400 e. The maximum absolute atomic E-state index is 12.4. The molecule has 110 valence electrons. The lowest BCUT2D eigenvalue weighted by molar-refractivity contribution is -0.385. The Bertz CT molecular complexity index is 651. The summed E-state index contributed by atoms with van der Waals surface area (Å²) in [6.45, 7) is 3.40. The van der Waals surface area contributed by atoms with Crippen molar-refractivity contribution in [2.75, 3.05) is 7.11 Å². The third-order valence-electron chi connectivity index (χ3n) is 3.10. The van der Waals surface area contributed by atoms with Crippen LogP contribution >= 0.6 is 0 Å². The van der Waals surface area contributed by atoms with Gasteiger partial charge in [0.2, 0.25) is 0 Å². The molecule has 5 nitrogen and oxygen atoms in total. The van der Waals surface area contributed by atoms with Gasteiger partial charge in [-0.05, 0) is 19.4 Å². The molecule has 0 heterocycles. The monoisotopic (exact) mass is 287 g/mol. The van der Waals surface area contributed by atoms with Crippen LogP contribution in [0.4, 0.5) is 5.69 Å². The summed E-state index contributed by atoms with van der Waals surface area (Å²) in [4.78, 5) is 22.9. The third-order valence-corrected chi connectivity index (χ3v) is 3.10. The number of rotatable bonds is 3. The maximum atomic E-state index is 12.4. The summed E-state index contributed by atoms with van der Waals surface area (Å²) in [6.07, 6.45) is 0. The molecule has 0 fully saturated rings. The van der Waals surface area contributed by atoms with E-state index >= 15 is 0 Å². The van der Waals surface area contributed by atoms with Crippen LogP contribution < -0.4 is 0 Å². The molecule has 2 rings (SSSR count). The van der Waals surface area contributed by atoms with Crippen molar-refractivity contribution < 1.29 is 14.8 Å². The fraction of sp³-hybridized carbons (Fsp3) is 0.188. The van der Waals surface area contributed by atoms with Gasteiger partial charge in [-0.25, -0.2) is 0 Å². The van der Waals surface area contributed by atoms with Gasteiger partial charge in [0.15, 0.2) is 5.78 Å². The normalized spacial score (nSPS) is 9.52. The van der Waals surface area contributed by atoms with E-state index < -0.39 is 4.92 Å². The van der Waals surface area contributed by atoms with Crippen LogP contribution in [0.25, 0.3) is 0 Å². The zero-order chi connectivity index (χ0) is 16.0. The van der Waals surface area contributed by atoms with E-state index in [0.29, 0.717) is 16.7 Å². The number of aliphatic hydroxyl groups excluding tert-OH is 1. The standard InChI is InChI=1S/C15H13NO3.CH4O/c1-10-8-9-13(16(18)19)11(2)14(10)15(17)12-6-4-3-5-7-12;1-2/h3-9H,1-2H3;2H,1H3. The van der Waals surface area contributed by atoms with Crippen LogP contribution in [0.1, 0.15) is 27.0 Å². The van der Waals surface area contributed by atoms with E-state index in [1.165, 1.54) is 6.07 Å². The lowest BCUT2D eigenvalue weighted by Gasteiger charge is -2.09. The minimum Gasteiger partial charge on any atom is -0.400 e. The summed E-state index contributed by atoms with van der Waals surface area (Å²) in [5.41, 5.74) is 2.09. The number of carbonyl (C=O) groups is 1. The molecule has 0 bridgehead atoms. The zero-order valence-corrected chi connectivity index (χ0v) is 12.2. The molecular weight excluding hydrogens is 270 g/mol. The first-order valence-electron chi connectivity index (χ1n) is 6.31. The van der Waals surface area contributed by atoms with E-state index in [-0.39, 0.29) is 11.5 Å². The molecule has 2 aromatic carbocycles. The van der Waals surface area contributed by atoms with E-state index in [0.717, 1.165) is 12.7 Å². The summed E-state index contributed by atoms with van der Waals surface area (Å²) in [6, 6.07) is 11.8. The number of ketones is 1. The summed E-state index contributed by atoms with van der Waals surface area (Å²) in [7, 11) is 1.00. The molecule has 0 spiro atoms. The maximum Gasteiger partial charge on any atom is 0.273 e. The van der Waals surface area contributed by atoms with E-state index in [2.05, 4.69) is 0 Å². The van der Waals surface area contributed by atoms with Crippen molar-refractivity contribution in [1.82, 2.24) is 0 Å². The Morgan fingerprint density at radius 3 is 2.14 bits per heavy atom. The van der Waals surface area contributed by atoms with Crippen LogP contribution in [0.3, 0.4) is 0 Å². The molecule has 0 saturated heterocycles. The predicted octanol–water partition coefficient (Wildman–Crippen LogP) is 3.05. The smallest absolute Gasteiger partial charge is 0.273 e. The van der Waals surface area contributed by atoms with Gasteiger partial charge in [0.1, 0.15) is 0 Å². The fourth-order valence-corrected chi connectivity index (χ4v) is 2.12.